The first kappa shape index (κ1) is 9.84. The Balaban J connectivity index is 1.76. The standard InChI is InChI=1S/C13H12N4/c1-2-6-14-12(3-1)9-15-11-5-4-10-8-16-17-13(10)7-11/h1-8,15H,9H2,(H,16,17). The molecule has 17 heavy (non-hydrogen) atoms. The average molecular weight is 224 g/mol. The third-order valence-electron chi connectivity index (χ3n) is 2.64. The Morgan fingerprint density at radius 1 is 1.18 bits per heavy atom. The number of nitrogens with zero attached hydrogens (tertiary/aromatic N) is 2. The predicted octanol–water partition coefficient (Wildman–Crippen LogP) is 2.57. The number of nitrogens with one attached hydrogen (secondary N) is 2. The molecule has 84 valence electrons. The Kier molecular flexibility index (Phi) is 2.46. The number of benzene rings is 1. The van der Waals surface area contributed by atoms with Crippen LogP contribution in [0.2, 0.25) is 0 Å². The first-order chi connectivity index (χ1) is 8.42. The van der Waals surface area contributed by atoms with Crippen molar-refractivity contribution in [3.63, 3.8) is 0 Å². The highest BCUT2D eigenvalue weighted by atomic mass is 15.1. The van der Waals surface area contributed by atoms with Crippen LogP contribution in [0, 0.1) is 0 Å². The summed E-state index contributed by atoms with van der Waals surface area (Å²) in [5.41, 5.74) is 3.13. The molecule has 0 unspecified atom stereocenters. The number of H-pyrrole nitrogens is 1. The molecule has 0 saturated carbocycles. The highest BCUT2D eigenvalue weighted by Gasteiger charge is 1.98. The molecule has 2 heterocycles. The van der Waals surface area contributed by atoms with Crippen LogP contribution in [0.1, 0.15) is 5.69 Å². The van der Waals surface area contributed by atoms with Gasteiger partial charge in [0.2, 0.25) is 0 Å². The van der Waals surface area contributed by atoms with Crippen LogP contribution in [0.5, 0.6) is 0 Å². The molecule has 0 atom stereocenters. The van der Waals surface area contributed by atoms with E-state index in [-0.39, 0.29) is 0 Å². The van der Waals surface area contributed by atoms with Gasteiger partial charge in [0.05, 0.1) is 24.0 Å². The van der Waals surface area contributed by atoms with E-state index in [0.717, 1.165) is 28.8 Å². The lowest BCUT2D eigenvalue weighted by Crippen LogP contribution is -2.00. The van der Waals surface area contributed by atoms with Crippen LogP contribution in [0.3, 0.4) is 0 Å². The van der Waals surface area contributed by atoms with Gasteiger partial charge in [-0.2, -0.15) is 5.10 Å². The Hall–Kier alpha value is -2.36. The van der Waals surface area contributed by atoms with E-state index in [1.54, 1.807) is 6.20 Å². The molecular weight excluding hydrogens is 212 g/mol. The summed E-state index contributed by atoms with van der Waals surface area (Å²) in [6, 6.07) is 12.0. The summed E-state index contributed by atoms with van der Waals surface area (Å²) in [5, 5.41) is 11.4. The van der Waals surface area contributed by atoms with Gasteiger partial charge in [0, 0.05) is 17.3 Å². The minimum Gasteiger partial charge on any atom is -0.379 e. The van der Waals surface area contributed by atoms with Crippen LogP contribution < -0.4 is 5.32 Å². The van der Waals surface area contributed by atoms with Crippen molar-refractivity contribution in [3.8, 4) is 0 Å². The third-order valence-corrected chi connectivity index (χ3v) is 2.64. The number of anilines is 1. The minimum absolute atomic E-state index is 0.723. The van der Waals surface area contributed by atoms with E-state index >= 15 is 0 Å². The van der Waals surface area contributed by atoms with Gasteiger partial charge in [-0.1, -0.05) is 6.07 Å². The van der Waals surface area contributed by atoms with Gasteiger partial charge in [0.15, 0.2) is 0 Å². The fourth-order valence-corrected chi connectivity index (χ4v) is 1.74. The Labute approximate surface area is 98.7 Å². The van der Waals surface area contributed by atoms with Crippen molar-refractivity contribution < 1.29 is 0 Å². The SMILES string of the molecule is c1ccc(CNc2ccc3cn[nH]c3c2)nc1. The van der Waals surface area contributed by atoms with Crippen LogP contribution in [0.15, 0.2) is 48.8 Å². The largest absolute Gasteiger partial charge is 0.379 e. The van der Waals surface area contributed by atoms with Crippen LogP contribution in [0.25, 0.3) is 10.9 Å². The molecule has 0 amide bonds. The van der Waals surface area contributed by atoms with Crippen molar-refractivity contribution in [1.29, 1.82) is 0 Å². The summed E-state index contributed by atoms with van der Waals surface area (Å²) >= 11 is 0. The van der Waals surface area contributed by atoms with Gasteiger partial charge in [0.1, 0.15) is 0 Å². The Bertz CT molecular complexity index is 615. The zero-order chi connectivity index (χ0) is 11.5. The molecule has 3 rings (SSSR count). The lowest BCUT2D eigenvalue weighted by atomic mass is 10.2. The van der Waals surface area contributed by atoms with Gasteiger partial charge >= 0.3 is 0 Å². The molecule has 0 aliphatic carbocycles. The lowest BCUT2D eigenvalue weighted by Gasteiger charge is -2.05. The normalized spacial score (nSPS) is 10.6. The van der Waals surface area contributed by atoms with Crippen LogP contribution in [-0.4, -0.2) is 15.2 Å². The maximum atomic E-state index is 4.26. The van der Waals surface area contributed by atoms with Gasteiger partial charge in [-0.25, -0.2) is 0 Å². The molecule has 0 radical (unpaired) electrons. The Morgan fingerprint density at radius 2 is 2.18 bits per heavy atom. The van der Waals surface area contributed by atoms with E-state index in [9.17, 15) is 0 Å². The van der Waals surface area contributed by atoms with Gasteiger partial charge in [0.25, 0.3) is 0 Å². The molecule has 0 fully saturated rings. The van der Waals surface area contributed by atoms with Gasteiger partial charge < -0.3 is 5.32 Å². The van der Waals surface area contributed by atoms with Crippen molar-refractivity contribution in [2.75, 3.05) is 5.32 Å². The summed E-state index contributed by atoms with van der Waals surface area (Å²) in [5.74, 6) is 0. The van der Waals surface area contributed by atoms with Crippen molar-refractivity contribution in [3.05, 3.63) is 54.5 Å². The molecule has 2 N–H and O–H groups in total. The number of hydrogen-bond acceptors (Lipinski definition) is 3. The molecule has 0 aliphatic rings. The molecule has 1 aromatic carbocycles. The Morgan fingerprint density at radius 3 is 3.06 bits per heavy atom. The second kappa shape index (κ2) is 4.25. The molecule has 0 bridgehead atoms. The second-order valence-corrected chi connectivity index (χ2v) is 3.85. The first-order valence-electron chi connectivity index (χ1n) is 5.49. The molecule has 4 heteroatoms. The number of pyridine rings is 1. The van der Waals surface area contributed by atoms with E-state index in [4.69, 9.17) is 0 Å². The fraction of sp³-hybridized carbons (Fsp3) is 0.0769. The molecule has 0 aliphatic heterocycles. The van der Waals surface area contributed by atoms with Crippen molar-refractivity contribution in [1.82, 2.24) is 15.2 Å². The van der Waals surface area contributed by atoms with Crippen LogP contribution >= 0.6 is 0 Å². The highest BCUT2D eigenvalue weighted by molar-refractivity contribution is 5.81. The average Bonchev–Trinajstić information content (AvgIpc) is 2.85. The number of rotatable bonds is 3. The zero-order valence-electron chi connectivity index (χ0n) is 9.22. The van der Waals surface area contributed by atoms with Gasteiger partial charge in [-0.15, -0.1) is 0 Å². The molecule has 0 saturated heterocycles. The van der Waals surface area contributed by atoms with E-state index in [1.807, 2.05) is 42.6 Å². The molecular formula is C13H12N4. The fourth-order valence-electron chi connectivity index (χ4n) is 1.74. The second-order valence-electron chi connectivity index (χ2n) is 3.85. The summed E-state index contributed by atoms with van der Waals surface area (Å²) in [4.78, 5) is 4.26. The number of hydrogen-bond donors (Lipinski definition) is 2. The van der Waals surface area contributed by atoms with Crippen LogP contribution in [0.4, 0.5) is 5.69 Å². The number of aromatic amines is 1. The van der Waals surface area contributed by atoms with Crippen molar-refractivity contribution in [2.45, 2.75) is 6.54 Å². The van der Waals surface area contributed by atoms with Crippen LogP contribution in [-0.2, 0) is 6.54 Å². The molecule has 3 aromatic rings. The lowest BCUT2D eigenvalue weighted by molar-refractivity contribution is 1.05. The smallest absolute Gasteiger partial charge is 0.0670 e. The maximum Gasteiger partial charge on any atom is 0.0670 e. The minimum atomic E-state index is 0.723. The van der Waals surface area contributed by atoms with E-state index in [1.165, 1.54) is 0 Å². The monoisotopic (exact) mass is 224 g/mol. The quantitative estimate of drug-likeness (QED) is 0.719. The topological polar surface area (TPSA) is 53.6 Å². The van der Waals surface area contributed by atoms with Crippen molar-refractivity contribution in [2.24, 2.45) is 0 Å². The molecule has 4 nitrogen and oxygen atoms in total. The molecule has 2 aromatic heterocycles. The van der Waals surface area contributed by atoms with E-state index in [2.05, 4.69) is 20.5 Å². The number of fused-ring (bicyclic) bond motifs is 1. The van der Waals surface area contributed by atoms with Gasteiger partial charge in [-0.3, -0.25) is 10.1 Å². The van der Waals surface area contributed by atoms with Crippen molar-refractivity contribution >= 4 is 16.6 Å². The summed E-state index contributed by atoms with van der Waals surface area (Å²) in [6.45, 7) is 0.723. The third kappa shape index (κ3) is 2.10. The summed E-state index contributed by atoms with van der Waals surface area (Å²) in [7, 11) is 0. The van der Waals surface area contributed by atoms with Gasteiger partial charge in [-0.05, 0) is 30.3 Å². The zero-order valence-corrected chi connectivity index (χ0v) is 9.22. The summed E-state index contributed by atoms with van der Waals surface area (Å²) in [6.07, 6.45) is 3.62. The molecule has 0 spiro atoms. The first-order valence-corrected chi connectivity index (χ1v) is 5.49. The summed E-state index contributed by atoms with van der Waals surface area (Å²) < 4.78 is 0. The highest BCUT2D eigenvalue weighted by Crippen LogP contribution is 2.16. The number of aromatic nitrogens is 3. The van der Waals surface area contributed by atoms with E-state index < -0.39 is 0 Å². The maximum absolute atomic E-state index is 4.26. The predicted molar refractivity (Wildman–Crippen MR) is 67.7 cm³/mol. The van der Waals surface area contributed by atoms with E-state index in [0.29, 0.717) is 0 Å².